The first-order valence-electron chi connectivity index (χ1n) is 4.85. The van der Waals surface area contributed by atoms with E-state index in [0.29, 0.717) is 0 Å². The Morgan fingerprint density at radius 2 is 2.00 bits per heavy atom. The van der Waals surface area contributed by atoms with Gasteiger partial charge >= 0.3 is 0 Å². The van der Waals surface area contributed by atoms with Crippen LogP contribution in [-0.2, 0) is 6.54 Å². The summed E-state index contributed by atoms with van der Waals surface area (Å²) in [5.74, 6) is 0. The molecule has 0 spiro atoms. The van der Waals surface area contributed by atoms with Crippen LogP contribution in [0.1, 0.15) is 12.5 Å². The van der Waals surface area contributed by atoms with Gasteiger partial charge in [-0.3, -0.25) is 0 Å². The fraction of sp³-hybridized carbons (Fsp3) is 0.455. The third-order valence-electron chi connectivity index (χ3n) is 2.05. The molecule has 14 heavy (non-hydrogen) atoms. The van der Waals surface area contributed by atoms with Gasteiger partial charge in [0.1, 0.15) is 13.1 Å². The largest absolute Gasteiger partial charge is 0.388 e. The van der Waals surface area contributed by atoms with Gasteiger partial charge in [0, 0.05) is 10.5 Å². The molecule has 0 aliphatic rings. The van der Waals surface area contributed by atoms with Gasteiger partial charge in [-0.15, -0.1) is 11.8 Å². The van der Waals surface area contributed by atoms with Gasteiger partial charge in [-0.25, -0.2) is 0 Å². The highest BCUT2D eigenvalue weighted by Gasteiger charge is 1.99. The van der Waals surface area contributed by atoms with Crippen LogP contribution in [0.2, 0.25) is 0 Å². The van der Waals surface area contributed by atoms with Gasteiger partial charge in [0.25, 0.3) is 0 Å². The van der Waals surface area contributed by atoms with E-state index in [1.807, 2.05) is 6.92 Å². The lowest BCUT2D eigenvalue weighted by Gasteiger charge is -2.04. The molecule has 2 nitrogen and oxygen atoms in total. The predicted molar refractivity (Wildman–Crippen MR) is 60.4 cm³/mol. The molecule has 78 valence electrons. The van der Waals surface area contributed by atoms with Gasteiger partial charge < -0.3 is 10.4 Å². The molecule has 0 aromatic heterocycles. The summed E-state index contributed by atoms with van der Waals surface area (Å²) in [6.07, 6.45) is 1.86. The molecular weight excluding hydrogens is 194 g/mol. The van der Waals surface area contributed by atoms with Crippen molar-refractivity contribution in [2.75, 3.05) is 12.8 Å². The van der Waals surface area contributed by atoms with Crippen LogP contribution in [0.4, 0.5) is 0 Å². The molecule has 1 atom stereocenters. The fourth-order valence-corrected chi connectivity index (χ4v) is 1.66. The molecule has 0 saturated heterocycles. The van der Waals surface area contributed by atoms with Crippen molar-refractivity contribution >= 4 is 11.8 Å². The third-order valence-corrected chi connectivity index (χ3v) is 2.79. The van der Waals surface area contributed by atoms with E-state index >= 15 is 0 Å². The Labute approximate surface area is 89.7 Å². The van der Waals surface area contributed by atoms with Crippen molar-refractivity contribution in [2.24, 2.45) is 0 Å². The SMILES string of the molecule is CSc1ccc(C[NH2+]C[C@@H](C)O)cc1. The first-order chi connectivity index (χ1) is 6.72. The zero-order chi connectivity index (χ0) is 10.4. The quantitative estimate of drug-likeness (QED) is 0.710. The molecule has 0 unspecified atom stereocenters. The first-order valence-corrected chi connectivity index (χ1v) is 6.07. The average molecular weight is 212 g/mol. The molecule has 3 N–H and O–H groups in total. The minimum absolute atomic E-state index is 0.222. The number of quaternary nitrogens is 1. The van der Waals surface area contributed by atoms with Crippen LogP contribution in [0, 0.1) is 0 Å². The van der Waals surface area contributed by atoms with Crippen LogP contribution >= 0.6 is 11.8 Å². The highest BCUT2D eigenvalue weighted by molar-refractivity contribution is 7.98. The van der Waals surface area contributed by atoms with Gasteiger partial charge in [0.2, 0.25) is 0 Å². The Kier molecular flexibility index (Phi) is 5.01. The Balaban J connectivity index is 2.36. The molecule has 3 heteroatoms. The van der Waals surface area contributed by atoms with Crippen molar-refractivity contribution in [3.63, 3.8) is 0 Å². The molecule has 1 aromatic rings. The highest BCUT2D eigenvalue weighted by atomic mass is 32.2. The van der Waals surface area contributed by atoms with E-state index < -0.39 is 0 Å². The lowest BCUT2D eigenvalue weighted by atomic mass is 10.2. The second-order valence-electron chi connectivity index (χ2n) is 3.43. The minimum atomic E-state index is -0.222. The predicted octanol–water partition coefficient (Wildman–Crippen LogP) is 0.853. The number of benzene rings is 1. The van der Waals surface area contributed by atoms with E-state index in [-0.39, 0.29) is 6.10 Å². The Morgan fingerprint density at radius 3 is 2.50 bits per heavy atom. The number of hydrogen-bond donors (Lipinski definition) is 2. The van der Waals surface area contributed by atoms with E-state index in [4.69, 9.17) is 5.11 Å². The fourth-order valence-electron chi connectivity index (χ4n) is 1.25. The van der Waals surface area contributed by atoms with Crippen LogP contribution in [0.15, 0.2) is 29.2 Å². The molecular formula is C11H18NOS+. The Morgan fingerprint density at radius 1 is 1.36 bits per heavy atom. The molecule has 0 aliphatic heterocycles. The molecule has 1 aromatic carbocycles. The van der Waals surface area contributed by atoms with Gasteiger partial charge in [-0.05, 0) is 25.3 Å². The van der Waals surface area contributed by atoms with Crippen LogP contribution in [0.3, 0.4) is 0 Å². The molecule has 1 rings (SSSR count). The summed E-state index contributed by atoms with van der Waals surface area (Å²) in [6, 6.07) is 8.56. The lowest BCUT2D eigenvalue weighted by molar-refractivity contribution is -0.676. The van der Waals surface area contributed by atoms with Gasteiger partial charge in [0.15, 0.2) is 0 Å². The van der Waals surface area contributed by atoms with Gasteiger partial charge in [0.05, 0.1) is 6.10 Å². The minimum Gasteiger partial charge on any atom is -0.388 e. The van der Waals surface area contributed by atoms with E-state index in [1.165, 1.54) is 10.5 Å². The van der Waals surface area contributed by atoms with Crippen molar-refractivity contribution in [2.45, 2.75) is 24.5 Å². The van der Waals surface area contributed by atoms with Crippen LogP contribution in [0.5, 0.6) is 0 Å². The summed E-state index contributed by atoms with van der Waals surface area (Å²) in [6.45, 7) is 3.52. The topological polar surface area (TPSA) is 36.8 Å². The summed E-state index contributed by atoms with van der Waals surface area (Å²) in [5.41, 5.74) is 1.31. The molecule has 0 aliphatic carbocycles. The zero-order valence-corrected chi connectivity index (χ0v) is 9.55. The molecule has 0 bridgehead atoms. The number of hydrogen-bond acceptors (Lipinski definition) is 2. The molecule has 0 heterocycles. The molecule has 0 amide bonds. The smallest absolute Gasteiger partial charge is 0.102 e. The zero-order valence-electron chi connectivity index (χ0n) is 8.73. The number of nitrogens with two attached hydrogens (primary N) is 1. The Bertz CT molecular complexity index is 258. The van der Waals surface area contributed by atoms with Gasteiger partial charge in [-0.2, -0.15) is 0 Å². The monoisotopic (exact) mass is 212 g/mol. The maximum atomic E-state index is 9.08. The molecule has 0 radical (unpaired) electrons. The summed E-state index contributed by atoms with van der Waals surface area (Å²) in [4.78, 5) is 1.30. The number of aliphatic hydroxyl groups excluding tert-OH is 1. The Hall–Kier alpha value is -0.510. The summed E-state index contributed by atoms with van der Waals surface area (Å²) >= 11 is 1.76. The van der Waals surface area contributed by atoms with E-state index in [0.717, 1.165) is 13.1 Å². The van der Waals surface area contributed by atoms with Crippen molar-refractivity contribution < 1.29 is 10.4 Å². The van der Waals surface area contributed by atoms with Gasteiger partial charge in [-0.1, -0.05) is 12.1 Å². The van der Waals surface area contributed by atoms with E-state index in [9.17, 15) is 0 Å². The summed E-state index contributed by atoms with van der Waals surface area (Å²) in [7, 11) is 0. The second-order valence-corrected chi connectivity index (χ2v) is 4.31. The standard InChI is InChI=1S/C11H17NOS/c1-9(13)7-12-8-10-3-5-11(14-2)6-4-10/h3-6,9,12-13H,7-8H2,1-2H3/p+1/t9-/m1/s1. The van der Waals surface area contributed by atoms with Crippen LogP contribution in [-0.4, -0.2) is 24.0 Å². The number of aliphatic hydroxyl groups is 1. The highest BCUT2D eigenvalue weighted by Crippen LogP contribution is 2.14. The summed E-state index contributed by atoms with van der Waals surface area (Å²) < 4.78 is 0. The summed E-state index contributed by atoms with van der Waals surface area (Å²) in [5, 5.41) is 11.2. The van der Waals surface area contributed by atoms with Crippen LogP contribution < -0.4 is 5.32 Å². The lowest BCUT2D eigenvalue weighted by Crippen LogP contribution is -2.84. The molecule has 0 saturated carbocycles. The maximum absolute atomic E-state index is 9.08. The van der Waals surface area contributed by atoms with Crippen molar-refractivity contribution in [1.29, 1.82) is 0 Å². The molecule has 0 fully saturated rings. The number of thioether (sulfide) groups is 1. The van der Waals surface area contributed by atoms with Crippen molar-refractivity contribution in [3.8, 4) is 0 Å². The maximum Gasteiger partial charge on any atom is 0.102 e. The van der Waals surface area contributed by atoms with Crippen molar-refractivity contribution in [1.82, 2.24) is 0 Å². The first kappa shape index (κ1) is 11.6. The third kappa shape index (κ3) is 4.13. The second kappa shape index (κ2) is 6.06. The van der Waals surface area contributed by atoms with Crippen molar-refractivity contribution in [3.05, 3.63) is 29.8 Å². The average Bonchev–Trinajstić information content (AvgIpc) is 2.18. The number of rotatable bonds is 5. The normalized spacial score (nSPS) is 12.8. The van der Waals surface area contributed by atoms with Crippen LogP contribution in [0.25, 0.3) is 0 Å². The van der Waals surface area contributed by atoms with E-state index in [1.54, 1.807) is 11.8 Å². The van der Waals surface area contributed by atoms with E-state index in [2.05, 4.69) is 35.8 Å².